The highest BCUT2D eigenvalue weighted by atomic mass is 35.5. The molecule has 0 aliphatic carbocycles. The highest BCUT2D eigenvalue weighted by Crippen LogP contribution is 2.21. The van der Waals surface area contributed by atoms with Crippen molar-refractivity contribution in [3.63, 3.8) is 0 Å². The lowest BCUT2D eigenvalue weighted by atomic mass is 10.4. The quantitative estimate of drug-likeness (QED) is 0.449. The molecule has 0 amide bonds. The van der Waals surface area contributed by atoms with E-state index in [1.165, 1.54) is 0 Å². The molecule has 0 bridgehead atoms. The van der Waals surface area contributed by atoms with Crippen molar-refractivity contribution >= 4 is 45.3 Å². The molecule has 0 saturated carbocycles. The third kappa shape index (κ3) is 3.38. The van der Waals surface area contributed by atoms with Crippen LogP contribution in [-0.2, 0) is 9.59 Å². The summed E-state index contributed by atoms with van der Waals surface area (Å²) in [5.74, 6) is 0. The number of hydrogen-bond acceptors (Lipinski definition) is 3. The van der Waals surface area contributed by atoms with Crippen LogP contribution >= 0.6 is 35.0 Å². The van der Waals surface area contributed by atoms with E-state index in [2.05, 4.69) is 0 Å². The molecule has 2 nitrogen and oxygen atoms in total. The van der Waals surface area contributed by atoms with Gasteiger partial charge in [0.05, 0.1) is 0 Å². The topological polar surface area (TPSA) is 34.1 Å². The number of halogens is 2. The molecular formula is C8H4Cl2O2S. The standard InChI is InChI=1S/C8H4Cl2O2S/c9-5-1-3-6(4-2-5)13-8(12)7(10)11/h1-4H. The van der Waals surface area contributed by atoms with Crippen LogP contribution in [0.15, 0.2) is 29.2 Å². The van der Waals surface area contributed by atoms with E-state index >= 15 is 0 Å². The Morgan fingerprint density at radius 2 is 1.69 bits per heavy atom. The summed E-state index contributed by atoms with van der Waals surface area (Å²) in [5, 5.41) is -1.09. The molecule has 1 aromatic carbocycles. The monoisotopic (exact) mass is 234 g/mol. The van der Waals surface area contributed by atoms with E-state index in [1.54, 1.807) is 24.3 Å². The van der Waals surface area contributed by atoms with E-state index in [4.69, 9.17) is 23.2 Å². The molecule has 0 unspecified atom stereocenters. The van der Waals surface area contributed by atoms with Gasteiger partial charge in [0.15, 0.2) is 0 Å². The summed E-state index contributed by atoms with van der Waals surface area (Å²) in [5.41, 5.74) is 0. The first kappa shape index (κ1) is 10.6. The number of carbonyl (C=O) groups excluding carboxylic acids is 2. The lowest BCUT2D eigenvalue weighted by Gasteiger charge is -1.96. The van der Waals surface area contributed by atoms with Crippen molar-refractivity contribution in [3.8, 4) is 0 Å². The van der Waals surface area contributed by atoms with E-state index in [9.17, 15) is 9.59 Å². The molecule has 0 aromatic heterocycles. The average Bonchev–Trinajstić information content (AvgIpc) is 2.08. The van der Waals surface area contributed by atoms with Crippen LogP contribution in [0.25, 0.3) is 0 Å². The Labute approximate surface area is 89.2 Å². The van der Waals surface area contributed by atoms with Gasteiger partial charge in [0, 0.05) is 9.92 Å². The molecule has 0 N–H and O–H groups in total. The normalized spacial score (nSPS) is 9.69. The second-order valence-electron chi connectivity index (χ2n) is 2.12. The molecule has 0 saturated heterocycles. The summed E-state index contributed by atoms with van der Waals surface area (Å²) in [6.07, 6.45) is 0. The van der Waals surface area contributed by atoms with Crippen LogP contribution in [0, 0.1) is 0 Å². The molecule has 0 radical (unpaired) electrons. The van der Waals surface area contributed by atoms with E-state index in [1.807, 2.05) is 0 Å². The molecule has 0 aliphatic rings. The second-order valence-corrected chi connectivity index (χ2v) is 3.94. The van der Waals surface area contributed by atoms with Crippen LogP contribution in [-0.4, -0.2) is 10.4 Å². The smallest absolute Gasteiger partial charge is 0.276 e. The Morgan fingerprint density at radius 1 is 1.15 bits per heavy atom. The SMILES string of the molecule is O=C(Cl)C(=O)Sc1ccc(Cl)cc1. The number of benzene rings is 1. The van der Waals surface area contributed by atoms with Crippen molar-refractivity contribution in [2.75, 3.05) is 0 Å². The van der Waals surface area contributed by atoms with Crippen molar-refractivity contribution in [1.82, 2.24) is 0 Å². The van der Waals surface area contributed by atoms with Crippen molar-refractivity contribution in [3.05, 3.63) is 29.3 Å². The van der Waals surface area contributed by atoms with Gasteiger partial charge in [-0.1, -0.05) is 11.6 Å². The Balaban J connectivity index is 2.70. The third-order valence-corrected chi connectivity index (χ3v) is 2.60. The van der Waals surface area contributed by atoms with Crippen molar-refractivity contribution in [2.24, 2.45) is 0 Å². The molecule has 0 aliphatic heterocycles. The van der Waals surface area contributed by atoms with Crippen molar-refractivity contribution < 1.29 is 9.59 Å². The van der Waals surface area contributed by atoms with Crippen LogP contribution in [0.5, 0.6) is 0 Å². The van der Waals surface area contributed by atoms with E-state index in [-0.39, 0.29) is 0 Å². The largest absolute Gasteiger partial charge is 0.299 e. The fourth-order valence-electron chi connectivity index (χ4n) is 0.650. The fourth-order valence-corrected chi connectivity index (χ4v) is 1.46. The Bertz CT molecular complexity index is 335. The number of rotatable bonds is 2. The van der Waals surface area contributed by atoms with Gasteiger partial charge >= 0.3 is 0 Å². The molecule has 0 spiro atoms. The zero-order valence-corrected chi connectivity index (χ0v) is 8.62. The minimum absolute atomic E-state index is 0.578. The minimum atomic E-state index is -0.972. The highest BCUT2D eigenvalue weighted by Gasteiger charge is 2.11. The molecule has 0 fully saturated rings. The molecule has 68 valence electrons. The predicted molar refractivity (Wildman–Crippen MR) is 53.2 cm³/mol. The highest BCUT2D eigenvalue weighted by molar-refractivity contribution is 8.15. The van der Waals surface area contributed by atoms with Crippen LogP contribution in [0.3, 0.4) is 0 Å². The van der Waals surface area contributed by atoms with Crippen molar-refractivity contribution in [1.29, 1.82) is 0 Å². The molecule has 0 heterocycles. The summed E-state index contributed by atoms with van der Waals surface area (Å²) in [7, 11) is 0. The molecule has 5 heteroatoms. The fraction of sp³-hybridized carbons (Fsp3) is 0. The van der Waals surface area contributed by atoms with Gasteiger partial charge in [0.2, 0.25) is 0 Å². The van der Waals surface area contributed by atoms with Crippen molar-refractivity contribution in [2.45, 2.75) is 4.90 Å². The maximum absolute atomic E-state index is 10.8. The summed E-state index contributed by atoms with van der Waals surface area (Å²) >= 11 is 11.4. The zero-order valence-electron chi connectivity index (χ0n) is 6.29. The Hall–Kier alpha value is -0.510. The first-order valence-electron chi connectivity index (χ1n) is 3.27. The van der Waals surface area contributed by atoms with Gasteiger partial charge in [0.1, 0.15) is 0 Å². The van der Waals surface area contributed by atoms with Gasteiger partial charge in [-0.05, 0) is 47.6 Å². The Kier molecular flexibility index (Phi) is 3.78. The number of hydrogen-bond donors (Lipinski definition) is 0. The first-order chi connectivity index (χ1) is 6.09. The van der Waals surface area contributed by atoms with E-state index < -0.39 is 10.4 Å². The number of carbonyl (C=O) groups is 2. The summed E-state index contributed by atoms with van der Waals surface area (Å²) < 4.78 is 0. The third-order valence-electron chi connectivity index (χ3n) is 1.18. The van der Waals surface area contributed by atoms with Gasteiger partial charge in [-0.25, -0.2) is 0 Å². The van der Waals surface area contributed by atoms with Crippen LogP contribution in [0.2, 0.25) is 5.02 Å². The minimum Gasteiger partial charge on any atom is -0.276 e. The summed E-state index contributed by atoms with van der Waals surface area (Å²) in [6.45, 7) is 0. The molecule has 1 aromatic rings. The average molecular weight is 235 g/mol. The van der Waals surface area contributed by atoms with Gasteiger partial charge in [-0.15, -0.1) is 0 Å². The van der Waals surface area contributed by atoms with E-state index in [0.717, 1.165) is 11.8 Å². The maximum Gasteiger partial charge on any atom is 0.299 e. The van der Waals surface area contributed by atoms with E-state index in [0.29, 0.717) is 9.92 Å². The van der Waals surface area contributed by atoms with Gasteiger partial charge in [-0.3, -0.25) is 9.59 Å². The van der Waals surface area contributed by atoms with Crippen LogP contribution in [0.4, 0.5) is 0 Å². The first-order valence-corrected chi connectivity index (χ1v) is 4.84. The molecular weight excluding hydrogens is 231 g/mol. The van der Waals surface area contributed by atoms with Crippen LogP contribution in [0.1, 0.15) is 0 Å². The predicted octanol–water partition coefficient (Wildman–Crippen LogP) is 2.72. The van der Waals surface area contributed by atoms with Gasteiger partial charge < -0.3 is 0 Å². The summed E-state index contributed by atoms with van der Waals surface area (Å²) in [4.78, 5) is 21.9. The molecule has 0 atom stereocenters. The molecule has 13 heavy (non-hydrogen) atoms. The van der Waals surface area contributed by atoms with Crippen LogP contribution < -0.4 is 0 Å². The lowest BCUT2D eigenvalue weighted by Crippen LogP contribution is -2.00. The lowest BCUT2D eigenvalue weighted by molar-refractivity contribution is -0.126. The zero-order chi connectivity index (χ0) is 9.84. The number of thioether (sulfide) groups is 1. The second kappa shape index (κ2) is 4.65. The maximum atomic E-state index is 10.8. The Morgan fingerprint density at radius 3 is 2.15 bits per heavy atom. The van der Waals surface area contributed by atoms with Gasteiger partial charge in [-0.2, -0.15) is 0 Å². The van der Waals surface area contributed by atoms with Gasteiger partial charge in [0.25, 0.3) is 10.4 Å². The molecule has 1 rings (SSSR count). The summed E-state index contributed by atoms with van der Waals surface area (Å²) in [6, 6.07) is 6.56.